The molecule has 0 spiro atoms. The first kappa shape index (κ1) is 15.0. The Morgan fingerprint density at radius 1 is 1.43 bits per heavy atom. The van der Waals surface area contributed by atoms with E-state index >= 15 is 0 Å². The molecule has 0 atom stereocenters. The number of rotatable bonds is 0. The van der Waals surface area contributed by atoms with Crippen molar-refractivity contribution >= 4 is 6.09 Å². The Bertz CT molecular complexity index is 635. The van der Waals surface area contributed by atoms with E-state index in [1.165, 1.54) is 4.90 Å². The molecule has 0 radical (unpaired) electrons. The lowest BCUT2D eigenvalue weighted by atomic mass is 9.79. The normalized spacial score (nSPS) is 19.0. The topological polar surface area (TPSA) is 60.8 Å². The molecule has 0 unspecified atom stereocenters. The molecule has 110 valence electrons. The van der Waals surface area contributed by atoms with Crippen LogP contribution in [0.15, 0.2) is 35.9 Å². The van der Waals surface area contributed by atoms with Crippen LogP contribution in [-0.4, -0.2) is 34.3 Å². The average Bonchev–Trinajstić information content (AvgIpc) is 2.40. The van der Waals surface area contributed by atoms with Gasteiger partial charge in [0.15, 0.2) is 0 Å². The van der Waals surface area contributed by atoms with Crippen molar-refractivity contribution in [3.05, 3.63) is 41.5 Å². The van der Waals surface area contributed by atoms with Gasteiger partial charge in [-0.3, -0.25) is 0 Å². The first-order chi connectivity index (χ1) is 9.88. The molecule has 4 nitrogen and oxygen atoms in total. The number of hydrogen-bond donors (Lipinski definition) is 2. The molecule has 0 bridgehead atoms. The lowest BCUT2D eigenvalue weighted by molar-refractivity contribution is 0.117. The molecular weight excluding hydrogens is 266 g/mol. The quantitative estimate of drug-likeness (QED) is 0.720. The minimum Gasteiger partial charge on any atom is -0.508 e. The number of carbonyl (C=O) groups is 1. The number of piperidine rings is 1. The molecule has 1 aliphatic heterocycles. The van der Waals surface area contributed by atoms with Crippen LogP contribution < -0.4 is 0 Å². The van der Waals surface area contributed by atoms with E-state index in [1.54, 1.807) is 18.2 Å². The van der Waals surface area contributed by atoms with Crippen molar-refractivity contribution < 1.29 is 15.0 Å². The van der Waals surface area contributed by atoms with Crippen molar-refractivity contribution in [2.24, 2.45) is 5.41 Å². The van der Waals surface area contributed by atoms with Crippen LogP contribution in [0.2, 0.25) is 0 Å². The molecule has 1 fully saturated rings. The van der Waals surface area contributed by atoms with Gasteiger partial charge in [0.05, 0.1) is 0 Å². The van der Waals surface area contributed by atoms with Gasteiger partial charge in [-0.2, -0.15) is 0 Å². The minimum absolute atomic E-state index is 0.199. The summed E-state index contributed by atoms with van der Waals surface area (Å²) in [7, 11) is 0. The second kappa shape index (κ2) is 5.92. The van der Waals surface area contributed by atoms with Crippen molar-refractivity contribution in [3.63, 3.8) is 0 Å². The summed E-state index contributed by atoms with van der Waals surface area (Å²) in [4.78, 5) is 12.5. The van der Waals surface area contributed by atoms with Gasteiger partial charge >= 0.3 is 6.09 Å². The predicted octanol–water partition coefficient (Wildman–Crippen LogP) is 3.08. The van der Waals surface area contributed by atoms with Gasteiger partial charge in [-0.1, -0.05) is 37.3 Å². The number of nitrogens with zero attached hydrogens (tertiary/aromatic N) is 1. The Kier molecular flexibility index (Phi) is 4.23. The fourth-order valence-corrected chi connectivity index (χ4v) is 2.47. The molecular formula is C17H19NO3. The molecule has 1 heterocycles. The van der Waals surface area contributed by atoms with Gasteiger partial charge in [-0.15, -0.1) is 0 Å². The summed E-state index contributed by atoms with van der Waals surface area (Å²) in [5.74, 6) is 6.20. The van der Waals surface area contributed by atoms with Crippen molar-refractivity contribution in [1.29, 1.82) is 0 Å². The number of phenols is 1. The summed E-state index contributed by atoms with van der Waals surface area (Å²) in [6, 6.07) is 6.81. The molecule has 1 amide bonds. The minimum atomic E-state index is -0.868. The monoisotopic (exact) mass is 285 g/mol. The molecule has 2 rings (SSSR count). The highest BCUT2D eigenvalue weighted by atomic mass is 16.4. The summed E-state index contributed by atoms with van der Waals surface area (Å²) < 4.78 is 0. The van der Waals surface area contributed by atoms with E-state index in [-0.39, 0.29) is 11.2 Å². The molecule has 0 aliphatic carbocycles. The number of hydrogen-bond acceptors (Lipinski definition) is 2. The zero-order chi connectivity index (χ0) is 15.5. The summed E-state index contributed by atoms with van der Waals surface area (Å²) >= 11 is 0. The Morgan fingerprint density at radius 2 is 2.19 bits per heavy atom. The number of amides is 1. The van der Waals surface area contributed by atoms with Gasteiger partial charge in [-0.25, -0.2) is 4.79 Å². The number of allylic oxidation sites excluding steroid dienone is 1. The highest BCUT2D eigenvalue weighted by Crippen LogP contribution is 2.34. The zero-order valence-electron chi connectivity index (χ0n) is 12.3. The van der Waals surface area contributed by atoms with E-state index in [9.17, 15) is 9.90 Å². The lowest BCUT2D eigenvalue weighted by Crippen LogP contribution is -2.44. The standard InChI is InChI=1S/C17H19NO3/c1-17(2)12-18(16(20)21)10-9-14(17)7-3-5-13-6-4-8-15(19)11-13/h4,6-8,11,19H,9-10,12H2,1-2H3,(H,20,21)/b14-7+. The fourth-order valence-electron chi connectivity index (χ4n) is 2.47. The third-order valence-corrected chi connectivity index (χ3v) is 3.69. The van der Waals surface area contributed by atoms with Crippen LogP contribution in [0.1, 0.15) is 25.8 Å². The second-order valence-corrected chi connectivity index (χ2v) is 5.83. The van der Waals surface area contributed by atoms with Crippen molar-refractivity contribution in [1.82, 2.24) is 4.90 Å². The van der Waals surface area contributed by atoms with Crippen LogP contribution in [0.5, 0.6) is 5.75 Å². The molecule has 0 saturated carbocycles. The molecule has 2 N–H and O–H groups in total. The number of benzene rings is 1. The number of carboxylic acid groups (broad SMARTS) is 1. The van der Waals surface area contributed by atoms with Crippen LogP contribution in [0, 0.1) is 17.3 Å². The van der Waals surface area contributed by atoms with Gasteiger partial charge in [-0.05, 0) is 30.7 Å². The molecule has 1 aliphatic rings. The lowest BCUT2D eigenvalue weighted by Gasteiger charge is -2.38. The van der Waals surface area contributed by atoms with Crippen LogP contribution in [-0.2, 0) is 0 Å². The molecule has 1 aromatic rings. The van der Waals surface area contributed by atoms with Crippen molar-refractivity contribution in [2.45, 2.75) is 20.3 Å². The van der Waals surface area contributed by atoms with E-state index in [4.69, 9.17) is 5.11 Å². The molecule has 1 saturated heterocycles. The smallest absolute Gasteiger partial charge is 0.407 e. The summed E-state index contributed by atoms with van der Waals surface area (Å²) in [5.41, 5.74) is 1.71. The number of likely N-dealkylation sites (tertiary alicyclic amines) is 1. The average molecular weight is 285 g/mol. The summed E-state index contributed by atoms with van der Waals surface area (Å²) in [6.07, 6.45) is 1.71. The van der Waals surface area contributed by atoms with Crippen molar-refractivity contribution in [2.75, 3.05) is 13.1 Å². The summed E-state index contributed by atoms with van der Waals surface area (Å²) in [5, 5.41) is 18.4. The highest BCUT2D eigenvalue weighted by molar-refractivity contribution is 5.65. The molecule has 4 heteroatoms. The first-order valence-electron chi connectivity index (χ1n) is 6.86. The van der Waals surface area contributed by atoms with Gasteiger partial charge in [0.2, 0.25) is 0 Å². The Hall–Kier alpha value is -2.41. The summed E-state index contributed by atoms with van der Waals surface area (Å²) in [6.45, 7) is 5.06. The third kappa shape index (κ3) is 3.79. The van der Waals surface area contributed by atoms with E-state index < -0.39 is 6.09 Å². The largest absolute Gasteiger partial charge is 0.508 e. The van der Waals surface area contributed by atoms with Gasteiger partial charge in [0.25, 0.3) is 0 Å². The predicted molar refractivity (Wildman–Crippen MR) is 81.1 cm³/mol. The van der Waals surface area contributed by atoms with Gasteiger partial charge in [0.1, 0.15) is 5.75 Å². The van der Waals surface area contributed by atoms with E-state index in [1.807, 2.05) is 26.0 Å². The molecule has 21 heavy (non-hydrogen) atoms. The van der Waals surface area contributed by atoms with E-state index in [0.29, 0.717) is 19.5 Å². The van der Waals surface area contributed by atoms with Gasteiger partial charge < -0.3 is 15.1 Å². The van der Waals surface area contributed by atoms with Crippen LogP contribution >= 0.6 is 0 Å². The molecule has 1 aromatic carbocycles. The fraction of sp³-hybridized carbons (Fsp3) is 0.353. The maximum atomic E-state index is 11.0. The Balaban J connectivity index is 2.14. The van der Waals surface area contributed by atoms with Crippen molar-refractivity contribution in [3.8, 4) is 17.6 Å². The Morgan fingerprint density at radius 3 is 2.81 bits per heavy atom. The molecule has 0 aromatic heterocycles. The number of aromatic hydroxyl groups is 1. The number of phenolic OH excluding ortho intramolecular Hbond substituents is 1. The first-order valence-corrected chi connectivity index (χ1v) is 6.86. The van der Waals surface area contributed by atoms with Crippen LogP contribution in [0.25, 0.3) is 0 Å². The van der Waals surface area contributed by atoms with Crippen LogP contribution in [0.4, 0.5) is 4.79 Å². The van der Waals surface area contributed by atoms with Gasteiger partial charge in [0, 0.05) is 24.1 Å². The maximum Gasteiger partial charge on any atom is 0.407 e. The van der Waals surface area contributed by atoms with Crippen LogP contribution in [0.3, 0.4) is 0 Å². The van der Waals surface area contributed by atoms with E-state index in [2.05, 4.69) is 11.8 Å². The maximum absolute atomic E-state index is 11.0. The highest BCUT2D eigenvalue weighted by Gasteiger charge is 2.32. The zero-order valence-corrected chi connectivity index (χ0v) is 12.3. The third-order valence-electron chi connectivity index (χ3n) is 3.69. The second-order valence-electron chi connectivity index (χ2n) is 5.83. The Labute approximate surface area is 124 Å². The van der Waals surface area contributed by atoms with E-state index in [0.717, 1.165) is 11.1 Å². The SMILES string of the molecule is CC1(C)CN(C(=O)O)CC/C1=C\C#Cc1cccc(O)c1.